The summed E-state index contributed by atoms with van der Waals surface area (Å²) in [6.07, 6.45) is 5.35. The van der Waals surface area contributed by atoms with Gasteiger partial charge in [0.15, 0.2) is 0 Å². The van der Waals surface area contributed by atoms with Crippen LogP contribution < -0.4 is 11.5 Å². The van der Waals surface area contributed by atoms with Crippen molar-refractivity contribution in [3.63, 3.8) is 0 Å². The third kappa shape index (κ3) is 2.19. The number of primary amides is 1. The van der Waals surface area contributed by atoms with Crippen molar-refractivity contribution in [2.45, 2.75) is 12.8 Å². The zero-order valence-electron chi connectivity index (χ0n) is 9.32. The minimum Gasteiger partial charge on any atom is -0.369 e. The maximum absolute atomic E-state index is 13.2. The van der Waals surface area contributed by atoms with E-state index in [4.69, 9.17) is 11.5 Å². The molecule has 0 fully saturated rings. The lowest BCUT2D eigenvalue weighted by Crippen LogP contribution is -2.28. The fraction of sp³-hybridized carbons (Fsp3) is 0.333. The van der Waals surface area contributed by atoms with Gasteiger partial charge in [0, 0.05) is 18.2 Å². The van der Waals surface area contributed by atoms with E-state index in [2.05, 4.69) is 4.99 Å². The molecule has 1 unspecified atom stereocenters. The zero-order chi connectivity index (χ0) is 12.4. The van der Waals surface area contributed by atoms with Gasteiger partial charge in [-0.1, -0.05) is 0 Å². The van der Waals surface area contributed by atoms with Gasteiger partial charge in [-0.25, -0.2) is 4.39 Å². The van der Waals surface area contributed by atoms with Gasteiger partial charge < -0.3 is 11.5 Å². The lowest BCUT2D eigenvalue weighted by molar-refractivity contribution is -0.120. The van der Waals surface area contributed by atoms with Crippen LogP contribution in [0.2, 0.25) is 0 Å². The van der Waals surface area contributed by atoms with Crippen molar-refractivity contribution in [1.82, 2.24) is 0 Å². The Morgan fingerprint density at radius 3 is 3.00 bits per heavy atom. The topological polar surface area (TPSA) is 81.5 Å². The lowest BCUT2D eigenvalue weighted by atomic mass is 9.86. The van der Waals surface area contributed by atoms with Gasteiger partial charge in [0.25, 0.3) is 0 Å². The number of rotatable bonds is 4. The summed E-state index contributed by atoms with van der Waals surface area (Å²) in [5.74, 6) is -1.24. The summed E-state index contributed by atoms with van der Waals surface area (Å²) in [7, 11) is 0. The monoisotopic (exact) mass is 235 g/mol. The summed E-state index contributed by atoms with van der Waals surface area (Å²) < 4.78 is 13.2. The Balaban J connectivity index is 2.29. The van der Waals surface area contributed by atoms with Gasteiger partial charge in [-0.15, -0.1) is 0 Å². The van der Waals surface area contributed by atoms with Crippen LogP contribution in [0.3, 0.4) is 0 Å². The number of allylic oxidation sites excluding steroid dienone is 4. The predicted octanol–water partition coefficient (Wildman–Crippen LogP) is 0.959. The average molecular weight is 235 g/mol. The van der Waals surface area contributed by atoms with Gasteiger partial charge in [-0.05, 0) is 30.7 Å². The van der Waals surface area contributed by atoms with E-state index < -0.39 is 11.8 Å². The van der Waals surface area contributed by atoms with Crippen molar-refractivity contribution in [2.24, 2.45) is 22.4 Å². The van der Waals surface area contributed by atoms with Crippen LogP contribution in [-0.4, -0.2) is 18.2 Å². The molecule has 1 heterocycles. The Morgan fingerprint density at radius 2 is 2.35 bits per heavy atom. The Kier molecular flexibility index (Phi) is 3.19. The van der Waals surface area contributed by atoms with Crippen LogP contribution >= 0.6 is 0 Å². The summed E-state index contributed by atoms with van der Waals surface area (Å²) in [6, 6.07) is 0. The highest BCUT2D eigenvalue weighted by molar-refractivity contribution is 6.09. The van der Waals surface area contributed by atoms with E-state index >= 15 is 0 Å². The minimum absolute atomic E-state index is 0.303. The highest BCUT2D eigenvalue weighted by Crippen LogP contribution is 2.33. The van der Waals surface area contributed by atoms with E-state index in [1.165, 1.54) is 12.2 Å². The van der Waals surface area contributed by atoms with E-state index in [-0.39, 0.29) is 5.83 Å². The zero-order valence-corrected chi connectivity index (χ0v) is 9.32. The molecule has 0 bridgehead atoms. The molecule has 0 saturated heterocycles. The van der Waals surface area contributed by atoms with E-state index in [9.17, 15) is 9.18 Å². The first-order valence-corrected chi connectivity index (χ1v) is 5.47. The molecular formula is C12H14FN3O. The van der Waals surface area contributed by atoms with Crippen molar-refractivity contribution in [3.05, 3.63) is 35.3 Å². The lowest BCUT2D eigenvalue weighted by Gasteiger charge is -2.17. The number of carbonyl (C=O) groups is 1. The number of aliphatic imine (C=N–C) groups is 1. The average Bonchev–Trinajstić information content (AvgIpc) is 2.68. The molecule has 17 heavy (non-hydrogen) atoms. The molecule has 4 N–H and O–H groups in total. The Hall–Kier alpha value is -1.75. The summed E-state index contributed by atoms with van der Waals surface area (Å²) in [5.41, 5.74) is 12.9. The van der Waals surface area contributed by atoms with Crippen molar-refractivity contribution >= 4 is 11.6 Å². The smallest absolute Gasteiger partial charge is 0.225 e. The highest BCUT2D eigenvalue weighted by Gasteiger charge is 2.29. The maximum atomic E-state index is 13.2. The predicted molar refractivity (Wildman–Crippen MR) is 63.8 cm³/mol. The molecule has 2 aliphatic rings. The fourth-order valence-electron chi connectivity index (χ4n) is 2.07. The molecular weight excluding hydrogens is 221 g/mol. The number of amides is 1. The Morgan fingerprint density at radius 1 is 1.59 bits per heavy atom. The van der Waals surface area contributed by atoms with E-state index in [0.29, 0.717) is 30.5 Å². The third-order valence-electron chi connectivity index (χ3n) is 2.93. The number of hydrogen-bond donors (Lipinski definition) is 2. The van der Waals surface area contributed by atoms with Crippen molar-refractivity contribution < 1.29 is 9.18 Å². The number of halogens is 1. The molecule has 0 saturated carbocycles. The largest absolute Gasteiger partial charge is 0.369 e. The van der Waals surface area contributed by atoms with Gasteiger partial charge in [0.2, 0.25) is 5.91 Å². The van der Waals surface area contributed by atoms with Gasteiger partial charge in [-0.3, -0.25) is 9.79 Å². The number of carbonyl (C=O) groups excluding carboxylic acids is 1. The number of hydrogen-bond acceptors (Lipinski definition) is 3. The fourth-order valence-corrected chi connectivity index (χ4v) is 2.07. The van der Waals surface area contributed by atoms with Crippen LogP contribution in [0.4, 0.5) is 4.39 Å². The Bertz CT molecular complexity index is 474. The van der Waals surface area contributed by atoms with Gasteiger partial charge in [-0.2, -0.15) is 0 Å². The molecule has 0 spiro atoms. The van der Waals surface area contributed by atoms with Gasteiger partial charge in [0.05, 0.1) is 11.6 Å². The Labute approximate surface area is 98.6 Å². The van der Waals surface area contributed by atoms with E-state index in [1.54, 1.807) is 6.20 Å². The highest BCUT2D eigenvalue weighted by atomic mass is 19.1. The van der Waals surface area contributed by atoms with Crippen molar-refractivity contribution in [3.8, 4) is 0 Å². The molecule has 90 valence electrons. The molecule has 1 aliphatic carbocycles. The van der Waals surface area contributed by atoms with E-state index in [1.807, 2.05) is 0 Å². The molecule has 1 atom stereocenters. The number of nitrogens with two attached hydrogens (primary N) is 2. The molecule has 5 heteroatoms. The molecule has 1 aliphatic heterocycles. The SMILES string of the molecule is NCCC(C(N)=O)C1=CN=C2CC=C(F)C=C12. The van der Waals surface area contributed by atoms with Crippen LogP contribution in [0.15, 0.2) is 40.3 Å². The van der Waals surface area contributed by atoms with Crippen LogP contribution in [0.1, 0.15) is 12.8 Å². The normalized spacial score (nSPS) is 19.9. The third-order valence-corrected chi connectivity index (χ3v) is 2.93. The molecule has 0 radical (unpaired) electrons. The van der Waals surface area contributed by atoms with Crippen molar-refractivity contribution in [2.75, 3.05) is 6.54 Å². The quantitative estimate of drug-likeness (QED) is 0.760. The molecule has 0 aromatic carbocycles. The van der Waals surface area contributed by atoms with Crippen LogP contribution in [0.25, 0.3) is 0 Å². The summed E-state index contributed by atoms with van der Waals surface area (Å²) >= 11 is 0. The second kappa shape index (κ2) is 4.63. The number of nitrogens with zero attached hydrogens (tertiary/aromatic N) is 1. The summed E-state index contributed by atoms with van der Waals surface area (Å²) in [6.45, 7) is 0.353. The summed E-state index contributed by atoms with van der Waals surface area (Å²) in [5, 5.41) is 0. The van der Waals surface area contributed by atoms with E-state index in [0.717, 1.165) is 5.71 Å². The molecule has 0 aromatic heterocycles. The first-order valence-electron chi connectivity index (χ1n) is 5.47. The second-order valence-corrected chi connectivity index (χ2v) is 4.04. The van der Waals surface area contributed by atoms with Crippen LogP contribution in [-0.2, 0) is 4.79 Å². The van der Waals surface area contributed by atoms with Gasteiger partial charge in [0.1, 0.15) is 5.83 Å². The first kappa shape index (κ1) is 11.7. The second-order valence-electron chi connectivity index (χ2n) is 4.04. The molecule has 4 nitrogen and oxygen atoms in total. The minimum atomic E-state index is -0.488. The standard InChI is InChI=1S/C12H14FN3O/c13-7-1-2-11-9(5-7)10(6-16-11)8(3-4-14)12(15)17/h1,5-6,8H,2-4,14H2,(H2,15,17). The number of fused-ring (bicyclic) bond motifs is 1. The first-order chi connectivity index (χ1) is 8.13. The maximum Gasteiger partial charge on any atom is 0.225 e. The van der Waals surface area contributed by atoms with Crippen molar-refractivity contribution in [1.29, 1.82) is 0 Å². The summed E-state index contributed by atoms with van der Waals surface area (Å²) in [4.78, 5) is 15.6. The molecule has 1 amide bonds. The van der Waals surface area contributed by atoms with Crippen LogP contribution in [0, 0.1) is 5.92 Å². The van der Waals surface area contributed by atoms with Gasteiger partial charge >= 0.3 is 0 Å². The molecule has 2 rings (SSSR count). The molecule has 0 aromatic rings. The van der Waals surface area contributed by atoms with Crippen LogP contribution in [0.5, 0.6) is 0 Å².